The molecule has 2 aliphatic heterocycles. The van der Waals surface area contributed by atoms with Crippen molar-refractivity contribution in [1.82, 2.24) is 25.2 Å². The van der Waals surface area contributed by atoms with Crippen LogP contribution in [0.5, 0.6) is 5.75 Å². The number of esters is 1. The molecular weight excluding hydrogens is 737 g/mol. The number of hydrogen-bond donors (Lipinski definition) is 1. The molecule has 0 spiro atoms. The molecule has 1 atom stereocenters. The molecule has 1 saturated heterocycles. The molecule has 5 aromatic rings. The number of ketones is 1. The zero-order valence-corrected chi connectivity index (χ0v) is 32.0. The number of ether oxygens (including phenoxy) is 3. The van der Waals surface area contributed by atoms with E-state index in [1.165, 1.54) is 11.0 Å². The number of hydrogen-bond acceptors (Lipinski definition) is 13. The Kier molecular flexibility index (Phi) is 11.5. The monoisotopic (exact) mass is 776 g/mol. The smallest absolute Gasteiger partial charge is 0.337 e. The summed E-state index contributed by atoms with van der Waals surface area (Å²) in [6, 6.07) is 17.8. The number of Topliss-reactive ketones (excluding diaryl/α,β-unsaturated/α-hetero) is 1. The molecule has 0 radical (unpaired) electrons. The molecule has 14 nitrogen and oxygen atoms in total. The Morgan fingerprint density at radius 2 is 1.77 bits per heavy atom. The van der Waals surface area contributed by atoms with Crippen LogP contribution in [0.15, 0.2) is 66.9 Å². The summed E-state index contributed by atoms with van der Waals surface area (Å²) in [7, 11) is 3.91. The van der Waals surface area contributed by atoms with Crippen LogP contribution in [0.3, 0.4) is 0 Å². The predicted molar refractivity (Wildman–Crippen MR) is 208 cm³/mol. The van der Waals surface area contributed by atoms with Gasteiger partial charge in [0.15, 0.2) is 0 Å². The fraction of sp³-hybridized carbons (Fsp3) is 0.317. The van der Waals surface area contributed by atoms with E-state index in [9.17, 15) is 24.0 Å². The second-order valence-corrected chi connectivity index (χ2v) is 14.8. The summed E-state index contributed by atoms with van der Waals surface area (Å²) >= 11 is 1.57. The highest BCUT2D eigenvalue weighted by atomic mass is 32.1. The second-order valence-electron chi connectivity index (χ2n) is 13.8. The number of pyridine rings is 2. The highest BCUT2D eigenvalue weighted by Gasteiger charge is 2.39. The van der Waals surface area contributed by atoms with Crippen LogP contribution in [0.1, 0.15) is 46.4 Å². The van der Waals surface area contributed by atoms with Crippen LogP contribution in [0, 0.1) is 6.92 Å². The molecule has 1 unspecified atom stereocenters. The normalized spacial score (nSPS) is 15.2. The lowest BCUT2D eigenvalue weighted by molar-refractivity contribution is -0.140. The van der Waals surface area contributed by atoms with Crippen molar-refractivity contribution in [3.8, 4) is 27.6 Å². The molecule has 1 fully saturated rings. The molecule has 1 N–H and O–H groups in total. The number of benzene rings is 2. The standard InChI is InChI=1S/C41H40N6O8S/c1-24-30(8-10-32(43-24)26-5-12-36(42-21-26)46(2)3)40-44-33-9-4-25(19-35(33)56-40)18-28(48)14-15-53-16-17-54-23-38(50)55-29-6-7-31-27(20-29)22-47(41(31)52)34-11-13-37(49)45-39(34)51/h4-10,12,19-21,34H,11,13-18,22-23H2,1-3H3,(H,45,49,51). The molecule has 0 bridgehead atoms. The molecule has 3 amide bonds. The first-order chi connectivity index (χ1) is 27.0. The Morgan fingerprint density at radius 1 is 0.946 bits per heavy atom. The molecule has 0 aliphatic carbocycles. The van der Waals surface area contributed by atoms with Gasteiger partial charge >= 0.3 is 5.97 Å². The summed E-state index contributed by atoms with van der Waals surface area (Å²) in [6.07, 6.45) is 2.77. The fourth-order valence-electron chi connectivity index (χ4n) is 6.60. The zero-order chi connectivity index (χ0) is 39.3. The molecule has 288 valence electrons. The number of fused-ring (bicyclic) bond motifs is 2. The third kappa shape index (κ3) is 8.80. The van der Waals surface area contributed by atoms with E-state index in [1.807, 2.05) is 74.6 Å². The number of thiazole rings is 1. The number of carbonyl (C=O) groups excluding carboxylic acids is 5. The van der Waals surface area contributed by atoms with E-state index >= 15 is 0 Å². The minimum absolute atomic E-state index is 0.0404. The van der Waals surface area contributed by atoms with Crippen LogP contribution >= 0.6 is 11.3 Å². The van der Waals surface area contributed by atoms with Gasteiger partial charge in [-0.05, 0) is 79.1 Å². The van der Waals surface area contributed by atoms with Crippen molar-refractivity contribution >= 4 is 56.8 Å². The summed E-state index contributed by atoms with van der Waals surface area (Å²) in [4.78, 5) is 79.3. The Balaban J connectivity index is 0.811. The highest BCUT2D eigenvalue weighted by molar-refractivity contribution is 7.21. The molecule has 3 aromatic heterocycles. The number of aromatic nitrogens is 3. The van der Waals surface area contributed by atoms with Gasteiger partial charge in [-0.15, -0.1) is 11.3 Å². The van der Waals surface area contributed by atoms with Gasteiger partial charge in [0.2, 0.25) is 11.8 Å². The van der Waals surface area contributed by atoms with Gasteiger partial charge in [-0.25, -0.2) is 14.8 Å². The van der Waals surface area contributed by atoms with E-state index in [0.717, 1.165) is 49.1 Å². The zero-order valence-electron chi connectivity index (χ0n) is 31.2. The van der Waals surface area contributed by atoms with Gasteiger partial charge < -0.3 is 24.0 Å². The number of rotatable bonds is 15. The maximum atomic E-state index is 12.9. The lowest BCUT2D eigenvalue weighted by Gasteiger charge is -2.29. The van der Waals surface area contributed by atoms with Crippen molar-refractivity contribution in [2.45, 2.75) is 45.2 Å². The van der Waals surface area contributed by atoms with Gasteiger partial charge in [-0.1, -0.05) is 6.07 Å². The molecule has 7 rings (SSSR count). The Hall–Kier alpha value is -5.90. The third-order valence-corrected chi connectivity index (χ3v) is 10.6. The van der Waals surface area contributed by atoms with E-state index in [-0.39, 0.29) is 82.0 Å². The number of piperidine rings is 1. The number of amides is 3. The Labute approximate surface area is 326 Å². The average Bonchev–Trinajstić information content (AvgIpc) is 3.74. The molecule has 2 aliphatic rings. The van der Waals surface area contributed by atoms with E-state index in [0.29, 0.717) is 11.1 Å². The van der Waals surface area contributed by atoms with Crippen LogP contribution in [0.25, 0.3) is 32.0 Å². The quantitative estimate of drug-likeness (QED) is 0.0675. The first-order valence-corrected chi connectivity index (χ1v) is 19.0. The first-order valence-electron chi connectivity index (χ1n) is 18.2. The molecule has 15 heteroatoms. The van der Waals surface area contributed by atoms with Crippen LogP contribution in [-0.4, -0.2) is 95.9 Å². The fourth-order valence-corrected chi connectivity index (χ4v) is 7.70. The summed E-state index contributed by atoms with van der Waals surface area (Å²) in [5.41, 5.74) is 6.43. The van der Waals surface area contributed by atoms with Gasteiger partial charge in [-0.3, -0.25) is 29.5 Å². The van der Waals surface area contributed by atoms with E-state index in [1.54, 1.807) is 23.5 Å². The van der Waals surface area contributed by atoms with Crippen LogP contribution in [-0.2, 0) is 41.6 Å². The summed E-state index contributed by atoms with van der Waals surface area (Å²) in [5.74, 6) is -0.606. The summed E-state index contributed by atoms with van der Waals surface area (Å²) in [6.45, 7) is 2.39. The van der Waals surface area contributed by atoms with Crippen LogP contribution in [0.2, 0.25) is 0 Å². The number of nitrogens with one attached hydrogen (secondary N) is 1. The lowest BCUT2D eigenvalue weighted by Crippen LogP contribution is -2.52. The van der Waals surface area contributed by atoms with Gasteiger partial charge in [0.05, 0.1) is 35.7 Å². The number of imide groups is 1. The Morgan fingerprint density at radius 3 is 2.54 bits per heavy atom. The molecule has 0 saturated carbocycles. The van der Waals surface area contributed by atoms with Crippen molar-refractivity contribution < 1.29 is 38.2 Å². The molecule has 5 heterocycles. The van der Waals surface area contributed by atoms with Gasteiger partial charge in [0.1, 0.15) is 35.0 Å². The van der Waals surface area contributed by atoms with Crippen molar-refractivity contribution in [2.24, 2.45) is 0 Å². The van der Waals surface area contributed by atoms with Gasteiger partial charge in [0, 0.05) is 68.5 Å². The van der Waals surface area contributed by atoms with Crippen LogP contribution in [0.4, 0.5) is 5.82 Å². The number of aryl methyl sites for hydroxylation is 1. The van der Waals surface area contributed by atoms with E-state index < -0.39 is 17.9 Å². The SMILES string of the molecule is Cc1nc(-c2ccc(N(C)C)nc2)ccc1-c1nc2ccc(CC(=O)CCOCCOCC(=O)Oc3ccc4c(c3)CN(C3CCC(=O)NC3=O)C4=O)cc2s1. The van der Waals surface area contributed by atoms with Crippen LogP contribution < -0.4 is 15.0 Å². The minimum Gasteiger partial charge on any atom is -0.425 e. The maximum absolute atomic E-state index is 12.9. The lowest BCUT2D eigenvalue weighted by atomic mass is 10.0. The number of anilines is 1. The van der Waals surface area contributed by atoms with Crippen molar-refractivity contribution in [3.63, 3.8) is 0 Å². The van der Waals surface area contributed by atoms with Gasteiger partial charge in [-0.2, -0.15) is 0 Å². The number of nitrogens with zero attached hydrogens (tertiary/aromatic N) is 5. The Bertz CT molecular complexity index is 2330. The van der Waals surface area contributed by atoms with E-state index in [2.05, 4.69) is 10.3 Å². The maximum Gasteiger partial charge on any atom is 0.337 e. The molecule has 56 heavy (non-hydrogen) atoms. The third-order valence-electron chi connectivity index (χ3n) is 9.52. The van der Waals surface area contributed by atoms with E-state index in [4.69, 9.17) is 24.2 Å². The van der Waals surface area contributed by atoms with Crippen molar-refractivity contribution in [2.75, 3.05) is 45.4 Å². The van der Waals surface area contributed by atoms with Crippen molar-refractivity contribution in [1.29, 1.82) is 0 Å². The topological polar surface area (TPSA) is 170 Å². The number of carbonyl (C=O) groups is 5. The molecule has 2 aromatic carbocycles. The minimum atomic E-state index is -0.726. The second kappa shape index (κ2) is 16.9. The van der Waals surface area contributed by atoms with Crippen molar-refractivity contribution in [3.05, 3.63) is 89.2 Å². The highest BCUT2D eigenvalue weighted by Crippen LogP contribution is 2.34. The molecular formula is C41H40N6O8S. The predicted octanol–water partition coefficient (Wildman–Crippen LogP) is 4.70. The first kappa shape index (κ1) is 38.4. The summed E-state index contributed by atoms with van der Waals surface area (Å²) in [5, 5.41) is 3.14. The average molecular weight is 777 g/mol. The summed E-state index contributed by atoms with van der Waals surface area (Å²) < 4.78 is 17.3. The largest absolute Gasteiger partial charge is 0.425 e. The van der Waals surface area contributed by atoms with Gasteiger partial charge in [0.25, 0.3) is 5.91 Å².